The second kappa shape index (κ2) is 5.55. The molecule has 0 bridgehead atoms. The minimum Gasteiger partial charge on any atom is -0.305 e. The van der Waals surface area contributed by atoms with Crippen LogP contribution >= 0.6 is 0 Å². The van der Waals surface area contributed by atoms with E-state index in [1.807, 2.05) is 0 Å². The number of hydrogen-bond donors (Lipinski definition) is 1. The Balaban J connectivity index is 3.43. The lowest BCUT2D eigenvalue weighted by Gasteiger charge is -2.29. The van der Waals surface area contributed by atoms with Crippen molar-refractivity contribution in [2.45, 2.75) is 25.1 Å². The lowest BCUT2D eigenvalue weighted by Crippen LogP contribution is -2.48. The molecule has 1 N–H and O–H groups in total. The SMILES string of the molecule is CCNC(c1c(F)cc(F)cc1F)C(F)(F)C(F)(F)F. The number of rotatable bonds is 4. The quantitative estimate of drug-likeness (QED) is 0.831. The van der Waals surface area contributed by atoms with Crippen molar-refractivity contribution in [1.82, 2.24) is 5.32 Å². The van der Waals surface area contributed by atoms with E-state index in [2.05, 4.69) is 0 Å². The molecule has 0 heterocycles. The lowest BCUT2D eigenvalue weighted by molar-refractivity contribution is -0.294. The van der Waals surface area contributed by atoms with Crippen LogP contribution in [0.2, 0.25) is 0 Å². The average Bonchev–Trinajstić information content (AvgIpc) is 2.24. The van der Waals surface area contributed by atoms with Gasteiger partial charge in [-0.25, -0.2) is 13.2 Å². The van der Waals surface area contributed by atoms with Crippen LogP contribution < -0.4 is 5.32 Å². The molecule has 9 heteroatoms. The third-order valence-corrected chi connectivity index (χ3v) is 2.48. The summed E-state index contributed by atoms with van der Waals surface area (Å²) >= 11 is 0. The zero-order valence-electron chi connectivity index (χ0n) is 9.96. The van der Waals surface area contributed by atoms with Gasteiger partial charge in [-0.2, -0.15) is 22.0 Å². The van der Waals surface area contributed by atoms with Gasteiger partial charge in [0.05, 0.1) is 0 Å². The first-order valence-corrected chi connectivity index (χ1v) is 5.34. The molecular formula is C11H9F8N. The maximum absolute atomic E-state index is 13.4. The Bertz CT molecular complexity index is 459. The minimum absolute atomic E-state index is 0.0369. The standard InChI is InChI=1S/C11H9F8N/c1-2-20-9(10(15,16)11(17,18)19)8-6(13)3-5(12)4-7(8)14/h3-4,9,20H,2H2,1H3. The Morgan fingerprint density at radius 2 is 1.45 bits per heavy atom. The summed E-state index contributed by atoms with van der Waals surface area (Å²) in [6.07, 6.45) is -6.02. The van der Waals surface area contributed by atoms with Crippen LogP contribution in [0, 0.1) is 17.5 Å². The van der Waals surface area contributed by atoms with Gasteiger partial charge in [-0.05, 0) is 6.54 Å². The highest BCUT2D eigenvalue weighted by Gasteiger charge is 2.63. The Kier molecular flexibility index (Phi) is 4.62. The lowest BCUT2D eigenvalue weighted by atomic mass is 9.98. The van der Waals surface area contributed by atoms with Crippen molar-refractivity contribution in [3.8, 4) is 0 Å². The Hall–Kier alpha value is -1.38. The van der Waals surface area contributed by atoms with E-state index in [1.165, 1.54) is 6.92 Å². The first kappa shape index (κ1) is 16.7. The summed E-state index contributed by atoms with van der Waals surface area (Å²) in [5.74, 6) is -10.5. The highest BCUT2D eigenvalue weighted by Crippen LogP contribution is 2.45. The van der Waals surface area contributed by atoms with Gasteiger partial charge in [-0.3, -0.25) is 0 Å². The molecular weight excluding hydrogens is 298 g/mol. The molecule has 1 nitrogen and oxygen atoms in total. The van der Waals surface area contributed by atoms with Gasteiger partial charge in [0, 0.05) is 17.7 Å². The number of hydrogen-bond acceptors (Lipinski definition) is 1. The van der Waals surface area contributed by atoms with Gasteiger partial charge in [0.1, 0.15) is 23.5 Å². The summed E-state index contributed by atoms with van der Waals surface area (Å²) in [6.45, 7) is 0.769. The number of nitrogens with one attached hydrogen (secondary N) is 1. The van der Waals surface area contributed by atoms with Crippen LogP contribution in [-0.2, 0) is 0 Å². The monoisotopic (exact) mass is 307 g/mol. The molecule has 0 amide bonds. The van der Waals surface area contributed by atoms with Crippen molar-refractivity contribution >= 4 is 0 Å². The highest BCUT2D eigenvalue weighted by atomic mass is 19.4. The fourth-order valence-electron chi connectivity index (χ4n) is 1.61. The molecule has 1 atom stereocenters. The van der Waals surface area contributed by atoms with Crippen molar-refractivity contribution in [3.63, 3.8) is 0 Å². The van der Waals surface area contributed by atoms with Crippen LogP contribution in [0.1, 0.15) is 18.5 Å². The van der Waals surface area contributed by atoms with Gasteiger partial charge in [-0.15, -0.1) is 0 Å². The fourth-order valence-corrected chi connectivity index (χ4v) is 1.61. The summed E-state index contributed by atoms with van der Waals surface area (Å²) < 4.78 is 103. The Morgan fingerprint density at radius 3 is 1.80 bits per heavy atom. The Labute approximate surface area is 108 Å². The summed E-state index contributed by atoms with van der Waals surface area (Å²) in [5, 5.41) is 1.67. The van der Waals surface area contributed by atoms with Crippen LogP contribution in [0.15, 0.2) is 12.1 Å². The zero-order chi connectivity index (χ0) is 15.7. The van der Waals surface area contributed by atoms with E-state index in [0.717, 1.165) is 0 Å². The van der Waals surface area contributed by atoms with E-state index in [1.54, 1.807) is 5.32 Å². The number of benzene rings is 1. The molecule has 0 aliphatic rings. The summed E-state index contributed by atoms with van der Waals surface area (Å²) in [6, 6.07) is -2.92. The molecule has 0 saturated heterocycles. The van der Waals surface area contributed by atoms with E-state index in [-0.39, 0.29) is 12.1 Å². The third-order valence-electron chi connectivity index (χ3n) is 2.48. The number of alkyl halides is 5. The average molecular weight is 307 g/mol. The highest BCUT2D eigenvalue weighted by molar-refractivity contribution is 5.27. The van der Waals surface area contributed by atoms with Crippen LogP contribution in [0.3, 0.4) is 0 Å². The van der Waals surface area contributed by atoms with Crippen molar-refractivity contribution in [2.24, 2.45) is 0 Å². The molecule has 0 spiro atoms. The van der Waals surface area contributed by atoms with Crippen LogP contribution in [0.5, 0.6) is 0 Å². The molecule has 0 aliphatic carbocycles. The molecule has 1 rings (SSSR count). The minimum atomic E-state index is -6.02. The van der Waals surface area contributed by atoms with Gasteiger partial charge in [-0.1, -0.05) is 6.92 Å². The van der Waals surface area contributed by atoms with E-state index >= 15 is 0 Å². The van der Waals surface area contributed by atoms with E-state index in [0.29, 0.717) is 0 Å². The first-order chi connectivity index (χ1) is 9.02. The molecule has 0 radical (unpaired) electrons. The molecule has 1 aromatic carbocycles. The summed E-state index contributed by atoms with van der Waals surface area (Å²) in [7, 11) is 0. The van der Waals surface area contributed by atoms with Gasteiger partial charge in [0.2, 0.25) is 0 Å². The zero-order valence-corrected chi connectivity index (χ0v) is 9.96. The van der Waals surface area contributed by atoms with Crippen LogP contribution in [0.4, 0.5) is 35.1 Å². The maximum atomic E-state index is 13.4. The van der Waals surface area contributed by atoms with Gasteiger partial charge >= 0.3 is 12.1 Å². The maximum Gasteiger partial charge on any atom is 0.455 e. The molecule has 20 heavy (non-hydrogen) atoms. The normalized spacial score (nSPS) is 14.4. The van der Waals surface area contributed by atoms with Crippen molar-refractivity contribution < 1.29 is 35.1 Å². The predicted octanol–water partition coefficient (Wildman–Crippen LogP) is 3.95. The molecule has 1 aromatic rings. The molecule has 1 unspecified atom stereocenters. The second-order valence-corrected chi connectivity index (χ2v) is 3.89. The second-order valence-electron chi connectivity index (χ2n) is 3.89. The molecule has 0 saturated carbocycles. The predicted molar refractivity (Wildman–Crippen MR) is 53.7 cm³/mol. The largest absolute Gasteiger partial charge is 0.455 e. The summed E-state index contributed by atoms with van der Waals surface area (Å²) in [5.41, 5.74) is -1.56. The van der Waals surface area contributed by atoms with Crippen molar-refractivity contribution in [2.75, 3.05) is 6.54 Å². The molecule has 0 fully saturated rings. The van der Waals surface area contributed by atoms with E-state index in [4.69, 9.17) is 0 Å². The van der Waals surface area contributed by atoms with E-state index in [9.17, 15) is 35.1 Å². The third kappa shape index (κ3) is 3.02. The van der Waals surface area contributed by atoms with Crippen LogP contribution in [-0.4, -0.2) is 18.6 Å². The van der Waals surface area contributed by atoms with Gasteiger partial charge in [0.15, 0.2) is 0 Å². The van der Waals surface area contributed by atoms with Crippen molar-refractivity contribution in [1.29, 1.82) is 0 Å². The first-order valence-electron chi connectivity index (χ1n) is 5.34. The summed E-state index contributed by atoms with van der Waals surface area (Å²) in [4.78, 5) is 0. The number of halogens is 8. The van der Waals surface area contributed by atoms with E-state index < -0.39 is 47.7 Å². The fraction of sp³-hybridized carbons (Fsp3) is 0.455. The van der Waals surface area contributed by atoms with Gasteiger partial charge < -0.3 is 5.32 Å². The smallest absolute Gasteiger partial charge is 0.305 e. The molecule has 0 aliphatic heterocycles. The molecule has 0 aromatic heterocycles. The van der Waals surface area contributed by atoms with Gasteiger partial charge in [0.25, 0.3) is 0 Å². The van der Waals surface area contributed by atoms with Crippen LogP contribution in [0.25, 0.3) is 0 Å². The molecule has 114 valence electrons. The topological polar surface area (TPSA) is 12.0 Å². The Morgan fingerprint density at radius 1 is 1.00 bits per heavy atom. The van der Waals surface area contributed by atoms with Crippen molar-refractivity contribution in [3.05, 3.63) is 35.1 Å².